The number of anilines is 1. The molecule has 1 aliphatic heterocycles. The quantitative estimate of drug-likeness (QED) is 0.273. The van der Waals surface area contributed by atoms with Crippen LogP contribution in [-0.4, -0.2) is 50.2 Å². The zero-order valence-corrected chi connectivity index (χ0v) is 23.5. The summed E-state index contributed by atoms with van der Waals surface area (Å²) in [5.41, 5.74) is 6.26. The van der Waals surface area contributed by atoms with E-state index in [1.54, 1.807) is 0 Å². The minimum atomic E-state index is 0.170. The summed E-state index contributed by atoms with van der Waals surface area (Å²) in [7, 11) is 0. The Morgan fingerprint density at radius 1 is 1.16 bits per heavy atom. The lowest BCUT2D eigenvalue weighted by molar-refractivity contribution is 0.364. The van der Waals surface area contributed by atoms with E-state index in [9.17, 15) is 0 Å². The molecule has 2 unspecified atom stereocenters. The molecule has 0 spiro atoms. The average molecular weight is 502 g/mol. The molecule has 0 N–H and O–H groups in total. The summed E-state index contributed by atoms with van der Waals surface area (Å²) in [5.74, 6) is 2.06. The molecule has 2 fully saturated rings. The van der Waals surface area contributed by atoms with Crippen LogP contribution < -0.4 is 4.90 Å². The van der Waals surface area contributed by atoms with Crippen LogP contribution in [0.2, 0.25) is 0 Å². The number of benzene rings is 1. The molecule has 3 aliphatic rings. The van der Waals surface area contributed by atoms with Crippen LogP contribution in [0.25, 0.3) is 0 Å². The predicted molar refractivity (Wildman–Crippen MR) is 161 cm³/mol. The van der Waals surface area contributed by atoms with Gasteiger partial charge >= 0.3 is 0 Å². The molecule has 1 aromatic carbocycles. The van der Waals surface area contributed by atoms with Crippen molar-refractivity contribution >= 4 is 29.7 Å². The van der Waals surface area contributed by atoms with Gasteiger partial charge in [-0.15, -0.1) is 0 Å². The summed E-state index contributed by atoms with van der Waals surface area (Å²) in [6.45, 7) is 18.2. The van der Waals surface area contributed by atoms with Crippen molar-refractivity contribution in [3.05, 3.63) is 42.1 Å². The van der Waals surface area contributed by atoms with Gasteiger partial charge in [0, 0.05) is 35.6 Å². The van der Waals surface area contributed by atoms with Crippen molar-refractivity contribution < 1.29 is 0 Å². The van der Waals surface area contributed by atoms with Crippen molar-refractivity contribution in [2.24, 2.45) is 37.2 Å². The van der Waals surface area contributed by atoms with E-state index >= 15 is 0 Å². The molecular weight excluding hydrogens is 454 g/mol. The highest BCUT2D eigenvalue weighted by atomic mass is 15.1. The van der Waals surface area contributed by atoms with Crippen molar-refractivity contribution in [1.29, 1.82) is 0 Å². The van der Waals surface area contributed by atoms with Gasteiger partial charge in [-0.1, -0.05) is 51.3 Å². The number of nitrogens with zero attached hydrogens (tertiary/aromatic N) is 5. The standard InChI is InChI=1S/C32H47N5/c1-6-17-32(31(22-33-5)34-7-2)18-16-26(20-32)23-37(24(3)27-12-9-8-10-13-27)29-15-11-14-28(19-29)30-21-35-25(4)36-30/h11,14-15,19,26-27H,3,5-10,12-13,16-18,20-23H2,1-2,4H3/b34-31+. The average Bonchev–Trinajstić information content (AvgIpc) is 3.54. The SMILES string of the molecule is C=NC/C(=N\CC)C1(CCC)CCC(CN(C(=C)C2CCCCC2)c2cccc(C3=NC(C)=NC3)c2)C1. The van der Waals surface area contributed by atoms with Crippen LogP contribution in [0.1, 0.15) is 90.5 Å². The van der Waals surface area contributed by atoms with E-state index in [4.69, 9.17) is 11.6 Å². The van der Waals surface area contributed by atoms with Crippen LogP contribution in [0.4, 0.5) is 5.69 Å². The summed E-state index contributed by atoms with van der Waals surface area (Å²) < 4.78 is 0. The molecule has 2 saturated carbocycles. The third-order valence-electron chi connectivity index (χ3n) is 8.77. The maximum Gasteiger partial charge on any atom is 0.120 e. The molecule has 0 aromatic heterocycles. The molecule has 0 saturated heterocycles. The first-order valence-electron chi connectivity index (χ1n) is 14.6. The van der Waals surface area contributed by atoms with Gasteiger partial charge < -0.3 is 4.90 Å². The van der Waals surface area contributed by atoms with Crippen LogP contribution >= 0.6 is 0 Å². The van der Waals surface area contributed by atoms with Gasteiger partial charge in [-0.25, -0.2) is 4.99 Å². The number of aliphatic imine (C=N–C) groups is 4. The molecule has 4 rings (SSSR count). The van der Waals surface area contributed by atoms with E-state index < -0.39 is 0 Å². The number of amidine groups is 1. The molecule has 5 heteroatoms. The Labute approximate surface area is 225 Å². The molecule has 1 aromatic rings. The predicted octanol–water partition coefficient (Wildman–Crippen LogP) is 7.56. The topological polar surface area (TPSA) is 52.7 Å². The summed E-state index contributed by atoms with van der Waals surface area (Å²) >= 11 is 0. The van der Waals surface area contributed by atoms with Gasteiger partial charge in [-0.2, -0.15) is 0 Å². The molecular formula is C32H47N5. The molecule has 37 heavy (non-hydrogen) atoms. The Hall–Kier alpha value is -2.56. The zero-order chi connectivity index (χ0) is 26.3. The van der Waals surface area contributed by atoms with E-state index in [0.29, 0.717) is 24.9 Å². The number of rotatable bonds is 12. The molecule has 0 bridgehead atoms. The van der Waals surface area contributed by atoms with Crippen molar-refractivity contribution in [3.8, 4) is 0 Å². The lowest BCUT2D eigenvalue weighted by Gasteiger charge is -2.36. The Balaban J connectivity index is 1.60. The van der Waals surface area contributed by atoms with Crippen molar-refractivity contribution in [2.45, 2.75) is 85.0 Å². The van der Waals surface area contributed by atoms with Crippen LogP contribution in [-0.2, 0) is 0 Å². The van der Waals surface area contributed by atoms with E-state index in [0.717, 1.165) is 24.6 Å². The number of hydrogen-bond donors (Lipinski definition) is 0. The smallest absolute Gasteiger partial charge is 0.120 e. The molecule has 5 nitrogen and oxygen atoms in total. The minimum absolute atomic E-state index is 0.170. The highest BCUT2D eigenvalue weighted by molar-refractivity contribution is 6.12. The minimum Gasteiger partial charge on any atom is -0.345 e. The first-order valence-corrected chi connectivity index (χ1v) is 14.6. The Bertz CT molecular complexity index is 1050. The van der Waals surface area contributed by atoms with E-state index in [2.05, 4.69) is 64.7 Å². The Morgan fingerprint density at radius 3 is 2.65 bits per heavy atom. The number of hydrogen-bond acceptors (Lipinski definition) is 5. The first kappa shape index (κ1) is 27.5. The van der Waals surface area contributed by atoms with Gasteiger partial charge in [-0.05, 0) is 88.6 Å². The van der Waals surface area contributed by atoms with Gasteiger partial charge in [0.05, 0.1) is 18.8 Å². The molecule has 0 amide bonds. The number of allylic oxidation sites excluding steroid dienone is 1. The largest absolute Gasteiger partial charge is 0.345 e. The van der Waals surface area contributed by atoms with Gasteiger partial charge in [0.25, 0.3) is 0 Å². The normalized spacial score (nSPS) is 24.6. The Kier molecular flexibility index (Phi) is 9.50. The highest BCUT2D eigenvalue weighted by Crippen LogP contribution is 2.48. The highest BCUT2D eigenvalue weighted by Gasteiger charge is 2.43. The molecule has 0 radical (unpaired) electrons. The second-order valence-corrected chi connectivity index (χ2v) is 11.4. The van der Waals surface area contributed by atoms with Crippen LogP contribution in [0.5, 0.6) is 0 Å². The van der Waals surface area contributed by atoms with Crippen molar-refractivity contribution in [2.75, 3.05) is 31.1 Å². The molecule has 2 atom stereocenters. The molecule has 2 aliphatic carbocycles. The molecule has 1 heterocycles. The van der Waals surface area contributed by atoms with E-state index in [1.807, 2.05) is 6.92 Å². The summed E-state index contributed by atoms with van der Waals surface area (Å²) in [6, 6.07) is 8.94. The fourth-order valence-electron chi connectivity index (χ4n) is 6.95. The van der Waals surface area contributed by atoms with Crippen LogP contribution in [0, 0.1) is 17.3 Å². The fraction of sp³-hybridized carbons (Fsp3) is 0.625. The lowest BCUT2D eigenvalue weighted by Crippen LogP contribution is -2.34. The van der Waals surface area contributed by atoms with Crippen LogP contribution in [0.15, 0.2) is 56.5 Å². The monoisotopic (exact) mass is 501 g/mol. The maximum absolute atomic E-state index is 4.96. The third-order valence-corrected chi connectivity index (χ3v) is 8.77. The van der Waals surface area contributed by atoms with Gasteiger partial charge in [0.15, 0.2) is 0 Å². The zero-order valence-electron chi connectivity index (χ0n) is 23.5. The van der Waals surface area contributed by atoms with Gasteiger partial charge in [0.1, 0.15) is 5.84 Å². The van der Waals surface area contributed by atoms with E-state index in [1.165, 1.54) is 86.9 Å². The Morgan fingerprint density at radius 2 is 1.97 bits per heavy atom. The molecule has 200 valence electrons. The fourth-order valence-corrected chi connectivity index (χ4v) is 6.95. The summed E-state index contributed by atoms with van der Waals surface area (Å²) in [5, 5.41) is 0. The third kappa shape index (κ3) is 6.48. The van der Waals surface area contributed by atoms with Crippen molar-refractivity contribution in [1.82, 2.24) is 0 Å². The maximum atomic E-state index is 4.96. The van der Waals surface area contributed by atoms with Gasteiger partial charge in [0.2, 0.25) is 0 Å². The summed E-state index contributed by atoms with van der Waals surface area (Å²) in [4.78, 5) is 21.0. The summed E-state index contributed by atoms with van der Waals surface area (Å²) in [6.07, 6.45) is 12.5. The van der Waals surface area contributed by atoms with Crippen molar-refractivity contribution in [3.63, 3.8) is 0 Å². The second-order valence-electron chi connectivity index (χ2n) is 11.4. The first-order chi connectivity index (χ1) is 18.0. The lowest BCUT2D eigenvalue weighted by atomic mass is 9.76. The second kappa shape index (κ2) is 12.8. The van der Waals surface area contributed by atoms with Gasteiger partial charge in [-0.3, -0.25) is 15.0 Å². The van der Waals surface area contributed by atoms with Crippen LogP contribution in [0.3, 0.4) is 0 Å². The van der Waals surface area contributed by atoms with E-state index in [-0.39, 0.29) is 5.41 Å².